The molecular formula is C11H6N4OS. The highest BCUT2D eigenvalue weighted by Crippen LogP contribution is 2.08. The van der Waals surface area contributed by atoms with Crippen LogP contribution in [0.15, 0.2) is 28.6 Å². The Bertz CT molecular complexity index is 773. The number of nitrogens with zero attached hydrogens (tertiary/aromatic N) is 2. The molecule has 3 rings (SSSR count). The van der Waals surface area contributed by atoms with E-state index in [4.69, 9.17) is 0 Å². The van der Waals surface area contributed by atoms with Crippen LogP contribution in [0.5, 0.6) is 0 Å². The molecule has 0 fully saturated rings. The van der Waals surface area contributed by atoms with Crippen LogP contribution in [0.25, 0.3) is 11.0 Å². The average Bonchev–Trinajstić information content (AvgIpc) is 2.95. The molecule has 0 aliphatic carbocycles. The molecule has 17 heavy (non-hydrogen) atoms. The number of nitrogens with one attached hydrogen (secondary N) is 2. The molecule has 0 radical (unpaired) electrons. The van der Waals surface area contributed by atoms with E-state index in [1.807, 2.05) is 17.5 Å². The van der Waals surface area contributed by atoms with Gasteiger partial charge in [-0.15, -0.1) is 11.3 Å². The maximum atomic E-state index is 11.6. The summed E-state index contributed by atoms with van der Waals surface area (Å²) in [5, 5.41) is 9.00. The monoisotopic (exact) mass is 242 g/mol. The number of H-pyrrole nitrogens is 2. The Morgan fingerprint density at radius 1 is 1.35 bits per heavy atom. The average molecular weight is 242 g/mol. The summed E-state index contributed by atoms with van der Waals surface area (Å²) in [6.45, 7) is 0. The molecule has 2 N–H and O–H groups in total. The van der Waals surface area contributed by atoms with Gasteiger partial charge in [0.15, 0.2) is 11.3 Å². The molecule has 0 aromatic carbocycles. The topological polar surface area (TPSA) is 74.4 Å². The van der Waals surface area contributed by atoms with Crippen molar-refractivity contribution in [3.05, 3.63) is 44.8 Å². The molecule has 0 atom stereocenters. The van der Waals surface area contributed by atoms with E-state index in [-0.39, 0.29) is 5.56 Å². The second kappa shape index (κ2) is 3.88. The van der Waals surface area contributed by atoms with Gasteiger partial charge in [-0.05, 0) is 23.3 Å². The van der Waals surface area contributed by atoms with Gasteiger partial charge in [-0.2, -0.15) is 5.10 Å². The Morgan fingerprint density at radius 2 is 2.29 bits per heavy atom. The van der Waals surface area contributed by atoms with Gasteiger partial charge in [-0.1, -0.05) is 6.07 Å². The Morgan fingerprint density at radius 3 is 3.12 bits per heavy atom. The first-order valence-corrected chi connectivity index (χ1v) is 5.70. The highest BCUT2D eigenvalue weighted by atomic mass is 32.1. The van der Waals surface area contributed by atoms with E-state index in [1.54, 1.807) is 11.3 Å². The van der Waals surface area contributed by atoms with Crippen LogP contribution in [0.4, 0.5) is 0 Å². The van der Waals surface area contributed by atoms with Gasteiger partial charge in [0.05, 0.1) is 11.2 Å². The molecule has 0 aliphatic heterocycles. The Labute approximate surface area is 99.5 Å². The number of hydrogen-bond donors (Lipinski definition) is 2. The zero-order valence-electron chi connectivity index (χ0n) is 8.52. The lowest BCUT2D eigenvalue weighted by Gasteiger charge is -1.85. The molecule has 0 unspecified atom stereocenters. The highest BCUT2D eigenvalue weighted by molar-refractivity contribution is 7.10. The van der Waals surface area contributed by atoms with Crippen LogP contribution in [0.2, 0.25) is 0 Å². The van der Waals surface area contributed by atoms with E-state index in [0.29, 0.717) is 16.7 Å². The zero-order valence-corrected chi connectivity index (χ0v) is 9.34. The SMILES string of the molecule is O=c1[nH]cnc2[nH]nc(C#Cc3cccs3)c12. The number of rotatable bonds is 0. The predicted octanol–water partition coefficient (Wildman–Crippen LogP) is 1.11. The molecule has 0 spiro atoms. The molecular weight excluding hydrogens is 236 g/mol. The summed E-state index contributed by atoms with van der Waals surface area (Å²) in [6.07, 6.45) is 1.33. The van der Waals surface area contributed by atoms with Crippen molar-refractivity contribution in [2.24, 2.45) is 0 Å². The molecule has 0 aliphatic rings. The van der Waals surface area contributed by atoms with Gasteiger partial charge in [0.25, 0.3) is 5.56 Å². The quantitative estimate of drug-likeness (QED) is 0.580. The first-order valence-electron chi connectivity index (χ1n) is 4.82. The third-order valence-corrected chi connectivity index (χ3v) is 2.97. The number of aromatic amines is 2. The Balaban J connectivity index is 2.16. The summed E-state index contributed by atoms with van der Waals surface area (Å²) < 4.78 is 0. The third kappa shape index (κ3) is 1.73. The van der Waals surface area contributed by atoms with Crippen molar-refractivity contribution in [1.82, 2.24) is 20.2 Å². The second-order valence-corrected chi connectivity index (χ2v) is 4.20. The number of hydrogen-bond acceptors (Lipinski definition) is 4. The molecule has 82 valence electrons. The van der Waals surface area contributed by atoms with Crippen LogP contribution in [-0.4, -0.2) is 20.2 Å². The van der Waals surface area contributed by atoms with Gasteiger partial charge >= 0.3 is 0 Å². The van der Waals surface area contributed by atoms with Gasteiger partial charge in [0.2, 0.25) is 0 Å². The van der Waals surface area contributed by atoms with E-state index >= 15 is 0 Å². The van der Waals surface area contributed by atoms with Crippen LogP contribution < -0.4 is 5.56 Å². The van der Waals surface area contributed by atoms with E-state index < -0.39 is 0 Å². The van der Waals surface area contributed by atoms with Crippen molar-refractivity contribution in [3.8, 4) is 11.8 Å². The Hall–Kier alpha value is -2.39. The van der Waals surface area contributed by atoms with Crippen LogP contribution >= 0.6 is 11.3 Å². The molecule has 5 nitrogen and oxygen atoms in total. The van der Waals surface area contributed by atoms with Gasteiger partial charge < -0.3 is 4.98 Å². The molecule has 0 saturated heterocycles. The van der Waals surface area contributed by atoms with Crippen LogP contribution in [-0.2, 0) is 0 Å². The maximum Gasteiger partial charge on any atom is 0.263 e. The van der Waals surface area contributed by atoms with Gasteiger partial charge in [-0.3, -0.25) is 9.89 Å². The van der Waals surface area contributed by atoms with Gasteiger partial charge in [0, 0.05) is 0 Å². The smallest absolute Gasteiger partial charge is 0.263 e. The lowest BCUT2D eigenvalue weighted by molar-refractivity contribution is 1.07. The standard InChI is InChI=1S/C11H6N4OS/c16-11-9-8(4-3-7-2-1-5-17-7)14-15-10(9)12-6-13-11/h1-2,5-6H,(H2,12,13,14,15,16). The molecule has 3 aromatic heterocycles. The Kier molecular flexibility index (Phi) is 2.24. The molecule has 3 heterocycles. The van der Waals surface area contributed by atoms with Crippen molar-refractivity contribution in [3.63, 3.8) is 0 Å². The summed E-state index contributed by atoms with van der Waals surface area (Å²) >= 11 is 1.54. The highest BCUT2D eigenvalue weighted by Gasteiger charge is 2.07. The first kappa shape index (κ1) is 9.81. The number of thiophene rings is 1. The summed E-state index contributed by atoms with van der Waals surface area (Å²) in [6, 6.07) is 3.83. The van der Waals surface area contributed by atoms with Gasteiger partial charge in [0.1, 0.15) is 5.39 Å². The van der Waals surface area contributed by atoms with E-state index in [0.717, 1.165) is 4.88 Å². The van der Waals surface area contributed by atoms with Crippen molar-refractivity contribution < 1.29 is 0 Å². The van der Waals surface area contributed by atoms with E-state index in [2.05, 4.69) is 32.0 Å². The minimum Gasteiger partial charge on any atom is -0.312 e. The van der Waals surface area contributed by atoms with Crippen LogP contribution in [0.3, 0.4) is 0 Å². The second-order valence-electron chi connectivity index (χ2n) is 3.25. The minimum absolute atomic E-state index is 0.237. The molecule has 0 amide bonds. The molecule has 3 aromatic rings. The van der Waals surface area contributed by atoms with Crippen molar-refractivity contribution in [1.29, 1.82) is 0 Å². The zero-order chi connectivity index (χ0) is 11.7. The lowest BCUT2D eigenvalue weighted by atomic mass is 10.3. The summed E-state index contributed by atoms with van der Waals surface area (Å²) in [5.74, 6) is 5.82. The molecule has 6 heteroatoms. The van der Waals surface area contributed by atoms with E-state index in [1.165, 1.54) is 6.33 Å². The van der Waals surface area contributed by atoms with Crippen molar-refractivity contribution in [2.75, 3.05) is 0 Å². The number of fused-ring (bicyclic) bond motifs is 1. The van der Waals surface area contributed by atoms with Crippen molar-refractivity contribution >= 4 is 22.4 Å². The molecule has 0 bridgehead atoms. The maximum absolute atomic E-state index is 11.6. The fourth-order valence-electron chi connectivity index (χ4n) is 1.43. The van der Waals surface area contributed by atoms with Gasteiger partial charge in [-0.25, -0.2) is 4.98 Å². The fourth-order valence-corrected chi connectivity index (χ4v) is 2.00. The fraction of sp³-hybridized carbons (Fsp3) is 0. The third-order valence-electron chi connectivity index (χ3n) is 2.19. The predicted molar refractivity (Wildman–Crippen MR) is 64.8 cm³/mol. The molecule has 0 saturated carbocycles. The van der Waals surface area contributed by atoms with Crippen molar-refractivity contribution in [2.45, 2.75) is 0 Å². The van der Waals surface area contributed by atoms with Crippen LogP contribution in [0, 0.1) is 11.8 Å². The number of aromatic nitrogens is 4. The largest absolute Gasteiger partial charge is 0.312 e. The summed E-state index contributed by atoms with van der Waals surface area (Å²) in [7, 11) is 0. The normalized spacial score (nSPS) is 10.1. The van der Waals surface area contributed by atoms with E-state index in [9.17, 15) is 4.79 Å². The lowest BCUT2D eigenvalue weighted by Crippen LogP contribution is -2.05. The minimum atomic E-state index is -0.237. The summed E-state index contributed by atoms with van der Waals surface area (Å²) in [5.41, 5.74) is 0.631. The van der Waals surface area contributed by atoms with Crippen LogP contribution in [0.1, 0.15) is 10.6 Å². The summed E-state index contributed by atoms with van der Waals surface area (Å²) in [4.78, 5) is 19.0. The first-order chi connectivity index (χ1) is 8.34.